The third-order valence-corrected chi connectivity index (χ3v) is 4.76. The van der Waals surface area contributed by atoms with Crippen molar-refractivity contribution < 1.29 is 28.7 Å². The van der Waals surface area contributed by atoms with Crippen LogP contribution in [0, 0.1) is 11.7 Å². The Balaban J connectivity index is 1.49. The Bertz CT molecular complexity index is 755. The van der Waals surface area contributed by atoms with Gasteiger partial charge in [-0.05, 0) is 31.0 Å². The van der Waals surface area contributed by atoms with Gasteiger partial charge >= 0.3 is 12.0 Å². The van der Waals surface area contributed by atoms with Crippen LogP contribution in [0.25, 0.3) is 0 Å². The number of carbonyl (C=O) groups excluding carboxylic acids is 1. The highest BCUT2D eigenvalue weighted by molar-refractivity contribution is 6.01. The van der Waals surface area contributed by atoms with Gasteiger partial charge in [0.05, 0.1) is 25.3 Å². The number of likely N-dealkylation sites (tertiary alicyclic amines) is 1. The number of halogens is 1. The molecule has 146 valence electrons. The first kappa shape index (κ1) is 18.9. The van der Waals surface area contributed by atoms with Gasteiger partial charge in [-0.1, -0.05) is 5.16 Å². The van der Waals surface area contributed by atoms with Crippen LogP contribution in [0.15, 0.2) is 23.4 Å². The summed E-state index contributed by atoms with van der Waals surface area (Å²) in [6, 6.07) is 4.25. The molecule has 2 aliphatic rings. The molecular formula is C18H22FN3O5. The highest BCUT2D eigenvalue weighted by Crippen LogP contribution is 2.22. The van der Waals surface area contributed by atoms with Gasteiger partial charge in [0.1, 0.15) is 0 Å². The summed E-state index contributed by atoms with van der Waals surface area (Å²) in [6.45, 7) is 0.978. The van der Waals surface area contributed by atoms with E-state index in [2.05, 4.69) is 10.5 Å². The number of nitrogens with one attached hydrogen (secondary N) is 1. The molecule has 0 radical (unpaired) electrons. The molecule has 1 aromatic rings. The second-order valence-electron chi connectivity index (χ2n) is 6.63. The normalized spacial score (nSPS) is 22.0. The minimum absolute atomic E-state index is 0.156. The van der Waals surface area contributed by atoms with Crippen LogP contribution in [0.4, 0.5) is 9.18 Å². The first-order chi connectivity index (χ1) is 13.0. The number of hydrogen-bond acceptors (Lipinski definition) is 5. The zero-order valence-corrected chi connectivity index (χ0v) is 15.0. The number of ether oxygens (including phenoxy) is 1. The number of carbonyl (C=O) groups is 2. The minimum Gasteiger partial charge on any atom is -0.494 e. The van der Waals surface area contributed by atoms with E-state index in [1.165, 1.54) is 24.1 Å². The van der Waals surface area contributed by atoms with Gasteiger partial charge in [0.2, 0.25) is 0 Å². The molecule has 2 unspecified atom stereocenters. The third-order valence-electron chi connectivity index (χ3n) is 4.76. The lowest BCUT2D eigenvalue weighted by atomic mass is 9.99. The Morgan fingerprint density at radius 1 is 1.48 bits per heavy atom. The van der Waals surface area contributed by atoms with E-state index in [4.69, 9.17) is 14.7 Å². The van der Waals surface area contributed by atoms with Crippen molar-refractivity contribution in [3.63, 3.8) is 0 Å². The van der Waals surface area contributed by atoms with Gasteiger partial charge in [0, 0.05) is 25.1 Å². The number of rotatable bonds is 5. The van der Waals surface area contributed by atoms with Crippen molar-refractivity contribution in [3.05, 3.63) is 29.6 Å². The lowest BCUT2D eigenvalue weighted by molar-refractivity contribution is -0.143. The van der Waals surface area contributed by atoms with E-state index in [-0.39, 0.29) is 31.0 Å². The third kappa shape index (κ3) is 4.47. The maximum atomic E-state index is 13.8. The van der Waals surface area contributed by atoms with E-state index in [1.807, 2.05) is 0 Å². The summed E-state index contributed by atoms with van der Waals surface area (Å²) in [4.78, 5) is 30.2. The largest absolute Gasteiger partial charge is 0.494 e. The molecule has 8 nitrogen and oxygen atoms in total. The molecule has 2 aliphatic heterocycles. The van der Waals surface area contributed by atoms with E-state index in [0.29, 0.717) is 37.1 Å². The Hall–Kier alpha value is -2.84. The second kappa shape index (κ2) is 8.24. The number of benzene rings is 1. The van der Waals surface area contributed by atoms with Gasteiger partial charge in [-0.15, -0.1) is 0 Å². The van der Waals surface area contributed by atoms with Crippen molar-refractivity contribution in [2.45, 2.75) is 25.4 Å². The van der Waals surface area contributed by atoms with Gasteiger partial charge < -0.3 is 24.9 Å². The quantitative estimate of drug-likeness (QED) is 0.813. The molecule has 1 aromatic carbocycles. The number of methoxy groups -OCH3 is 1. The van der Waals surface area contributed by atoms with Crippen LogP contribution in [0.1, 0.15) is 24.8 Å². The predicted octanol–water partition coefficient (Wildman–Crippen LogP) is 1.83. The van der Waals surface area contributed by atoms with Crippen molar-refractivity contribution in [1.29, 1.82) is 0 Å². The first-order valence-electron chi connectivity index (χ1n) is 8.80. The Kier molecular flexibility index (Phi) is 5.78. The molecule has 0 aromatic heterocycles. The van der Waals surface area contributed by atoms with E-state index >= 15 is 0 Å². The Morgan fingerprint density at radius 3 is 3.00 bits per heavy atom. The summed E-state index contributed by atoms with van der Waals surface area (Å²) >= 11 is 0. The van der Waals surface area contributed by atoms with Gasteiger partial charge in [-0.2, -0.15) is 0 Å². The number of nitrogens with zero attached hydrogens (tertiary/aromatic N) is 2. The number of carboxylic acids is 1. The van der Waals surface area contributed by atoms with Crippen molar-refractivity contribution in [2.75, 3.05) is 26.7 Å². The summed E-state index contributed by atoms with van der Waals surface area (Å²) in [6.07, 6.45) is 1.33. The number of oxime groups is 1. The topological polar surface area (TPSA) is 100 Å². The smallest absolute Gasteiger partial charge is 0.317 e. The molecule has 0 aliphatic carbocycles. The van der Waals surface area contributed by atoms with Crippen molar-refractivity contribution >= 4 is 17.7 Å². The van der Waals surface area contributed by atoms with Crippen LogP contribution >= 0.6 is 0 Å². The fraction of sp³-hybridized carbons (Fsp3) is 0.500. The maximum absolute atomic E-state index is 13.8. The molecule has 2 heterocycles. The van der Waals surface area contributed by atoms with E-state index in [1.54, 1.807) is 6.07 Å². The van der Waals surface area contributed by atoms with Gasteiger partial charge in [-0.25, -0.2) is 9.18 Å². The molecule has 0 spiro atoms. The molecule has 3 rings (SSSR count). The molecule has 27 heavy (non-hydrogen) atoms. The molecular weight excluding hydrogens is 357 g/mol. The molecule has 0 bridgehead atoms. The van der Waals surface area contributed by atoms with Crippen molar-refractivity contribution in [2.24, 2.45) is 11.1 Å². The van der Waals surface area contributed by atoms with E-state index in [0.717, 1.165) is 0 Å². The van der Waals surface area contributed by atoms with Gasteiger partial charge in [-0.3, -0.25) is 4.79 Å². The average molecular weight is 379 g/mol. The van der Waals surface area contributed by atoms with Crippen LogP contribution in [0.2, 0.25) is 0 Å². The fourth-order valence-corrected chi connectivity index (χ4v) is 3.23. The van der Waals surface area contributed by atoms with Crippen LogP contribution in [0.3, 0.4) is 0 Å². The number of carboxylic acid groups (broad SMARTS) is 1. The number of amides is 2. The van der Waals surface area contributed by atoms with Crippen molar-refractivity contribution in [3.8, 4) is 5.75 Å². The van der Waals surface area contributed by atoms with Crippen molar-refractivity contribution in [1.82, 2.24) is 10.2 Å². The zero-order valence-electron chi connectivity index (χ0n) is 15.0. The number of hydrogen-bond donors (Lipinski definition) is 2. The zero-order chi connectivity index (χ0) is 19.4. The predicted molar refractivity (Wildman–Crippen MR) is 94.3 cm³/mol. The first-order valence-corrected chi connectivity index (χ1v) is 8.80. The molecule has 2 N–H and O–H groups in total. The molecule has 9 heteroatoms. The number of urea groups is 1. The lowest BCUT2D eigenvalue weighted by Gasteiger charge is -2.30. The lowest BCUT2D eigenvalue weighted by Crippen LogP contribution is -2.48. The van der Waals surface area contributed by atoms with E-state index < -0.39 is 17.7 Å². The SMILES string of the molecule is COc1ccc(C2=NOC(CNC(=O)N3CCCC(C(=O)O)C3)C2)cc1F. The monoisotopic (exact) mass is 379 g/mol. The molecule has 1 fully saturated rings. The molecule has 0 saturated carbocycles. The van der Waals surface area contributed by atoms with Gasteiger partial charge in [0.25, 0.3) is 0 Å². The second-order valence-corrected chi connectivity index (χ2v) is 6.63. The molecule has 1 saturated heterocycles. The maximum Gasteiger partial charge on any atom is 0.317 e. The molecule has 2 atom stereocenters. The molecule has 2 amide bonds. The summed E-state index contributed by atoms with van der Waals surface area (Å²) in [5.41, 5.74) is 1.20. The standard InChI is InChI=1S/C18H22FN3O5/c1-26-16-5-4-11(7-14(16)19)15-8-13(27-21-15)9-20-18(25)22-6-2-3-12(10-22)17(23)24/h4-5,7,12-13H,2-3,6,8-10H2,1H3,(H,20,25)(H,23,24). The van der Waals surface area contributed by atoms with E-state index in [9.17, 15) is 14.0 Å². The minimum atomic E-state index is -0.878. The Labute approximate surface area is 155 Å². The summed E-state index contributed by atoms with van der Waals surface area (Å²) in [7, 11) is 1.40. The number of aliphatic carboxylic acids is 1. The van der Waals surface area contributed by atoms with Crippen LogP contribution in [0.5, 0.6) is 5.75 Å². The van der Waals surface area contributed by atoms with Crippen LogP contribution < -0.4 is 10.1 Å². The highest BCUT2D eigenvalue weighted by Gasteiger charge is 2.29. The average Bonchev–Trinajstić information content (AvgIpc) is 3.15. The summed E-state index contributed by atoms with van der Waals surface area (Å²) < 4.78 is 18.7. The number of piperidine rings is 1. The summed E-state index contributed by atoms with van der Waals surface area (Å²) in [5.74, 6) is -1.72. The van der Waals surface area contributed by atoms with Crippen LogP contribution in [-0.2, 0) is 9.63 Å². The summed E-state index contributed by atoms with van der Waals surface area (Å²) in [5, 5.41) is 15.8. The Morgan fingerprint density at radius 2 is 2.30 bits per heavy atom. The fourth-order valence-electron chi connectivity index (χ4n) is 3.23. The van der Waals surface area contributed by atoms with Gasteiger partial charge in [0.15, 0.2) is 17.7 Å². The van der Waals surface area contributed by atoms with Crippen LogP contribution in [-0.4, -0.2) is 60.6 Å². The highest BCUT2D eigenvalue weighted by atomic mass is 19.1.